The molecule has 1 fully saturated rings. The number of sulfonamides is 1. The fraction of sp³-hybridized carbons (Fsp3) is 0.263. The third-order valence-corrected chi connectivity index (χ3v) is 6.98. The molecule has 3 aromatic heterocycles. The van der Waals surface area contributed by atoms with Gasteiger partial charge in [-0.3, -0.25) is 4.79 Å². The molecule has 1 aromatic carbocycles. The van der Waals surface area contributed by atoms with Gasteiger partial charge in [0.1, 0.15) is 5.82 Å². The van der Waals surface area contributed by atoms with E-state index >= 15 is 0 Å². The van der Waals surface area contributed by atoms with Gasteiger partial charge in [-0.2, -0.15) is 8.82 Å². The Balaban J connectivity index is 1.44. The lowest BCUT2D eigenvalue weighted by Crippen LogP contribution is -2.49. The third-order valence-electron chi connectivity index (χ3n) is 5.21. The Labute approximate surface area is 177 Å². The Morgan fingerprint density at radius 3 is 2.52 bits per heavy atom. The van der Waals surface area contributed by atoms with Crippen LogP contribution < -0.4 is 10.6 Å². The molecule has 0 unspecified atom stereocenters. The van der Waals surface area contributed by atoms with Crippen molar-refractivity contribution in [3.63, 3.8) is 0 Å². The summed E-state index contributed by atoms with van der Waals surface area (Å²) in [6.45, 7) is 3.07. The number of aromatic nitrogens is 4. The molecule has 1 amide bonds. The highest BCUT2D eigenvalue weighted by Crippen LogP contribution is 2.25. The Bertz CT molecular complexity index is 1420. The van der Waals surface area contributed by atoms with Gasteiger partial charge in [0.15, 0.2) is 11.4 Å². The zero-order valence-corrected chi connectivity index (χ0v) is 17.4. The molecule has 160 valence electrons. The number of piperazine rings is 1. The molecule has 0 spiro atoms. The molecule has 0 bridgehead atoms. The van der Waals surface area contributed by atoms with Crippen molar-refractivity contribution >= 4 is 38.4 Å². The summed E-state index contributed by atoms with van der Waals surface area (Å²) in [5, 5.41) is 5.08. The molecular weight excluding hydrogens is 422 g/mol. The summed E-state index contributed by atoms with van der Waals surface area (Å²) >= 11 is 0. The molecule has 1 aliphatic rings. The van der Waals surface area contributed by atoms with E-state index < -0.39 is 15.9 Å². The number of fused-ring (bicyclic) bond motifs is 3. The number of aryl methyl sites for hydroxylation is 1. The minimum Gasteiger partial charge on any atom is -0.438 e. The largest absolute Gasteiger partial charge is 0.438 e. The molecule has 1 saturated heterocycles. The normalized spacial score (nSPS) is 15.7. The first-order valence-corrected chi connectivity index (χ1v) is 11.1. The van der Waals surface area contributed by atoms with Crippen LogP contribution in [0, 0.1) is 6.92 Å². The van der Waals surface area contributed by atoms with Gasteiger partial charge in [0.2, 0.25) is 11.0 Å². The van der Waals surface area contributed by atoms with Crippen LogP contribution >= 0.6 is 0 Å². The predicted molar refractivity (Wildman–Crippen MR) is 111 cm³/mol. The van der Waals surface area contributed by atoms with Crippen LogP contribution in [0.1, 0.15) is 16.4 Å². The molecule has 0 saturated carbocycles. The molecule has 31 heavy (non-hydrogen) atoms. The van der Waals surface area contributed by atoms with Gasteiger partial charge in [-0.25, -0.2) is 18.4 Å². The van der Waals surface area contributed by atoms with Crippen LogP contribution in [0.3, 0.4) is 0 Å². The molecule has 4 aromatic rings. The molecule has 0 radical (unpaired) electrons. The van der Waals surface area contributed by atoms with E-state index in [2.05, 4.69) is 10.1 Å². The number of primary amides is 1. The number of hydrogen-bond acceptors (Lipinski definition) is 8. The van der Waals surface area contributed by atoms with Crippen LogP contribution in [-0.2, 0) is 10.0 Å². The van der Waals surface area contributed by atoms with Crippen LogP contribution in [0.5, 0.6) is 0 Å². The summed E-state index contributed by atoms with van der Waals surface area (Å²) in [7, 11) is -3.88. The Morgan fingerprint density at radius 1 is 1.06 bits per heavy atom. The standard InChI is InChI=1S/C19H19N7O4S/c1-12-21-18-13-4-2-3-5-14(13)22-19(26(18)23-12)24-8-10-25(11-9-24)31(28,29)16-7-6-15(30-16)17(20)27/h2-7H,8-11H2,1H3,(H2,20,27). The lowest BCUT2D eigenvalue weighted by atomic mass is 10.2. The highest BCUT2D eigenvalue weighted by molar-refractivity contribution is 7.89. The fourth-order valence-electron chi connectivity index (χ4n) is 3.70. The van der Waals surface area contributed by atoms with Crippen molar-refractivity contribution in [1.82, 2.24) is 23.9 Å². The monoisotopic (exact) mass is 441 g/mol. The van der Waals surface area contributed by atoms with E-state index in [4.69, 9.17) is 15.1 Å². The van der Waals surface area contributed by atoms with Crippen LogP contribution in [-0.4, -0.2) is 64.4 Å². The van der Waals surface area contributed by atoms with Gasteiger partial charge in [-0.15, -0.1) is 5.10 Å². The molecule has 4 heterocycles. The number of carbonyl (C=O) groups excluding carboxylic acids is 1. The molecule has 0 aliphatic carbocycles. The maximum absolute atomic E-state index is 12.9. The van der Waals surface area contributed by atoms with Crippen molar-refractivity contribution in [2.75, 3.05) is 31.1 Å². The summed E-state index contributed by atoms with van der Waals surface area (Å²) in [4.78, 5) is 22.5. The van der Waals surface area contributed by atoms with Crippen LogP contribution in [0.4, 0.5) is 5.95 Å². The van der Waals surface area contributed by atoms with Crippen molar-refractivity contribution < 1.29 is 17.6 Å². The van der Waals surface area contributed by atoms with E-state index in [1.54, 1.807) is 4.52 Å². The Kier molecular flexibility index (Phi) is 4.41. The average molecular weight is 441 g/mol. The Morgan fingerprint density at radius 2 is 1.81 bits per heavy atom. The first-order chi connectivity index (χ1) is 14.8. The number of benzene rings is 1. The SMILES string of the molecule is Cc1nc2c3ccccc3nc(N3CCN(S(=O)(=O)c4ccc(C(N)=O)o4)CC3)n2n1. The van der Waals surface area contributed by atoms with E-state index in [1.165, 1.54) is 16.4 Å². The molecule has 5 rings (SSSR count). The predicted octanol–water partition coefficient (Wildman–Crippen LogP) is 0.789. The highest BCUT2D eigenvalue weighted by atomic mass is 32.2. The van der Waals surface area contributed by atoms with Crippen LogP contribution in [0.15, 0.2) is 45.9 Å². The maximum atomic E-state index is 12.9. The van der Waals surface area contributed by atoms with Gasteiger partial charge in [-0.05, 0) is 31.2 Å². The number of amides is 1. The van der Waals surface area contributed by atoms with E-state index in [1.807, 2.05) is 36.1 Å². The van der Waals surface area contributed by atoms with E-state index in [0.717, 1.165) is 10.9 Å². The lowest BCUT2D eigenvalue weighted by Gasteiger charge is -2.34. The van der Waals surface area contributed by atoms with Crippen molar-refractivity contribution in [2.24, 2.45) is 5.73 Å². The second-order valence-corrected chi connectivity index (χ2v) is 9.07. The molecular formula is C19H19N7O4S. The van der Waals surface area contributed by atoms with E-state index in [9.17, 15) is 13.2 Å². The number of nitrogens with two attached hydrogens (primary N) is 1. The summed E-state index contributed by atoms with van der Waals surface area (Å²) in [6, 6.07) is 10.2. The van der Waals surface area contributed by atoms with E-state index in [-0.39, 0.29) is 23.9 Å². The topological polar surface area (TPSA) is 140 Å². The third kappa shape index (κ3) is 3.20. The average Bonchev–Trinajstić information content (AvgIpc) is 3.41. The number of rotatable bonds is 4. The summed E-state index contributed by atoms with van der Waals surface area (Å²) in [5.74, 6) is 0.228. The second-order valence-electron chi connectivity index (χ2n) is 7.20. The number of nitrogens with zero attached hydrogens (tertiary/aromatic N) is 6. The molecule has 11 nitrogen and oxygen atoms in total. The molecule has 2 N–H and O–H groups in total. The number of anilines is 1. The minimum absolute atomic E-state index is 0.193. The van der Waals surface area contributed by atoms with Gasteiger partial charge < -0.3 is 15.1 Å². The Hall–Kier alpha value is -3.51. The number of para-hydroxylation sites is 1. The number of furan rings is 1. The van der Waals surface area contributed by atoms with E-state index in [0.29, 0.717) is 30.5 Å². The second kappa shape index (κ2) is 7.03. The fourth-order valence-corrected chi connectivity index (χ4v) is 5.03. The van der Waals surface area contributed by atoms with Crippen molar-refractivity contribution in [3.05, 3.63) is 48.0 Å². The van der Waals surface area contributed by atoms with Gasteiger partial charge >= 0.3 is 0 Å². The summed E-state index contributed by atoms with van der Waals surface area (Å²) < 4.78 is 33.9. The van der Waals surface area contributed by atoms with Gasteiger partial charge in [0, 0.05) is 31.6 Å². The number of hydrogen-bond donors (Lipinski definition) is 1. The first kappa shape index (κ1) is 19.5. The van der Waals surface area contributed by atoms with Crippen molar-refractivity contribution in [1.29, 1.82) is 0 Å². The van der Waals surface area contributed by atoms with Crippen molar-refractivity contribution in [2.45, 2.75) is 12.0 Å². The zero-order chi connectivity index (χ0) is 21.8. The molecule has 1 aliphatic heterocycles. The van der Waals surface area contributed by atoms with Gasteiger partial charge in [0.25, 0.3) is 15.9 Å². The van der Waals surface area contributed by atoms with Gasteiger partial charge in [0.05, 0.1) is 5.52 Å². The number of carbonyl (C=O) groups is 1. The minimum atomic E-state index is -3.88. The zero-order valence-electron chi connectivity index (χ0n) is 16.6. The van der Waals surface area contributed by atoms with Crippen LogP contribution in [0.25, 0.3) is 16.6 Å². The summed E-state index contributed by atoms with van der Waals surface area (Å²) in [6.07, 6.45) is 0. The maximum Gasteiger partial charge on any atom is 0.284 e. The lowest BCUT2D eigenvalue weighted by molar-refractivity contribution is 0.0968. The summed E-state index contributed by atoms with van der Waals surface area (Å²) in [5.41, 5.74) is 6.65. The smallest absolute Gasteiger partial charge is 0.284 e. The van der Waals surface area contributed by atoms with Crippen molar-refractivity contribution in [3.8, 4) is 0 Å². The van der Waals surface area contributed by atoms with Crippen LogP contribution in [0.2, 0.25) is 0 Å². The van der Waals surface area contributed by atoms with Gasteiger partial charge in [-0.1, -0.05) is 12.1 Å². The highest BCUT2D eigenvalue weighted by Gasteiger charge is 2.32. The first-order valence-electron chi connectivity index (χ1n) is 9.61. The quantitative estimate of drug-likeness (QED) is 0.490. The molecule has 12 heteroatoms. The molecule has 0 atom stereocenters.